The first kappa shape index (κ1) is 21.5. The molecule has 3 fully saturated rings. The summed E-state index contributed by atoms with van der Waals surface area (Å²) < 4.78 is 2.57. The zero-order valence-electron chi connectivity index (χ0n) is 19.7. The summed E-state index contributed by atoms with van der Waals surface area (Å²) in [5.41, 5.74) is 1.67. The van der Waals surface area contributed by atoms with Gasteiger partial charge in [0.2, 0.25) is 11.8 Å². The number of fused-ring (bicyclic) bond motifs is 11. The lowest BCUT2D eigenvalue weighted by Crippen LogP contribution is -2.51. The van der Waals surface area contributed by atoms with E-state index >= 15 is 0 Å². The summed E-state index contributed by atoms with van der Waals surface area (Å²) in [4.78, 5) is 51.1. The highest BCUT2D eigenvalue weighted by atomic mass is 79.9. The first-order chi connectivity index (χ1) is 18.0. The number of hydrogen-bond donors (Lipinski definition) is 0. The number of rotatable bonds is 1. The highest BCUT2D eigenvalue weighted by molar-refractivity contribution is 9.10. The van der Waals surface area contributed by atoms with Gasteiger partial charge >= 0.3 is 0 Å². The second kappa shape index (κ2) is 7.24. The van der Waals surface area contributed by atoms with Crippen molar-refractivity contribution in [3.63, 3.8) is 0 Å². The number of aromatic nitrogens is 2. The standard InChI is InChI=1S/C29H21BrN4O3/c30-16-11-13-17(14-12-16)33-26(36)23-22-10-5-15-32(22)29(24(23)27(33)37)19-7-2-4-9-21(19)34-25(35)18-6-1-3-8-20(18)31-28(29)34/h1-4,6-9,11-14,22-24H,5,10,15H2/t22-,23-,24+,29-/m0/s1. The molecule has 3 saturated heterocycles. The average Bonchev–Trinajstić information content (AvgIpc) is 3.62. The quantitative estimate of drug-likeness (QED) is 0.334. The Labute approximate surface area is 220 Å². The maximum Gasteiger partial charge on any atom is 0.266 e. The number of carbonyl (C=O) groups is 2. The molecule has 182 valence electrons. The monoisotopic (exact) mass is 552 g/mol. The van der Waals surface area contributed by atoms with E-state index < -0.39 is 17.4 Å². The molecule has 0 saturated carbocycles. The average molecular weight is 553 g/mol. The summed E-state index contributed by atoms with van der Waals surface area (Å²) in [5.74, 6) is -1.00. The lowest BCUT2D eigenvalue weighted by atomic mass is 9.75. The molecular formula is C29H21BrN4O3. The van der Waals surface area contributed by atoms with Crippen LogP contribution in [0.25, 0.3) is 16.6 Å². The maximum absolute atomic E-state index is 14.4. The van der Waals surface area contributed by atoms with Crippen molar-refractivity contribution in [2.75, 3.05) is 11.4 Å². The zero-order valence-corrected chi connectivity index (χ0v) is 21.3. The molecule has 0 bridgehead atoms. The second-order valence-corrected chi connectivity index (χ2v) is 11.2. The number of para-hydroxylation sites is 2. The van der Waals surface area contributed by atoms with Gasteiger partial charge < -0.3 is 0 Å². The van der Waals surface area contributed by atoms with E-state index in [0.29, 0.717) is 22.4 Å². The van der Waals surface area contributed by atoms with Crippen molar-refractivity contribution in [1.29, 1.82) is 0 Å². The van der Waals surface area contributed by atoms with Gasteiger partial charge in [0.05, 0.1) is 34.1 Å². The zero-order chi connectivity index (χ0) is 25.1. The van der Waals surface area contributed by atoms with Crippen molar-refractivity contribution in [3.05, 3.63) is 99.0 Å². The molecule has 4 aromatic rings. The van der Waals surface area contributed by atoms with Crippen LogP contribution in [0.5, 0.6) is 0 Å². The van der Waals surface area contributed by atoms with Crippen molar-refractivity contribution in [1.82, 2.24) is 14.5 Å². The van der Waals surface area contributed by atoms with Crippen LogP contribution in [0.2, 0.25) is 0 Å². The molecule has 37 heavy (non-hydrogen) atoms. The summed E-state index contributed by atoms with van der Waals surface area (Å²) >= 11 is 3.45. The minimum atomic E-state index is -0.984. The molecule has 0 radical (unpaired) electrons. The van der Waals surface area contributed by atoms with E-state index in [2.05, 4.69) is 20.8 Å². The van der Waals surface area contributed by atoms with Crippen molar-refractivity contribution >= 4 is 44.3 Å². The fourth-order valence-corrected chi connectivity index (χ4v) is 7.72. The van der Waals surface area contributed by atoms with E-state index in [1.54, 1.807) is 22.8 Å². The summed E-state index contributed by atoms with van der Waals surface area (Å²) in [7, 11) is 0. The van der Waals surface area contributed by atoms with Crippen LogP contribution in [0.15, 0.2) is 82.1 Å². The van der Waals surface area contributed by atoms with Crippen LogP contribution in [0.1, 0.15) is 24.2 Å². The Kier molecular flexibility index (Phi) is 4.20. The molecule has 0 aliphatic carbocycles. The molecule has 7 nitrogen and oxygen atoms in total. The fourth-order valence-electron chi connectivity index (χ4n) is 7.46. The van der Waals surface area contributed by atoms with Gasteiger partial charge in [0.25, 0.3) is 5.56 Å². The Morgan fingerprint density at radius 1 is 0.892 bits per heavy atom. The third kappa shape index (κ3) is 2.45. The van der Waals surface area contributed by atoms with Crippen molar-refractivity contribution < 1.29 is 9.59 Å². The highest BCUT2D eigenvalue weighted by Gasteiger charge is 2.73. The fraction of sp³-hybridized carbons (Fsp3) is 0.241. The third-order valence-electron chi connectivity index (χ3n) is 8.73. The molecule has 8 heteroatoms. The Morgan fingerprint density at radius 2 is 1.65 bits per heavy atom. The van der Waals surface area contributed by atoms with Gasteiger partial charge in [-0.1, -0.05) is 46.3 Å². The van der Waals surface area contributed by atoms with Crippen LogP contribution in [0.4, 0.5) is 5.69 Å². The van der Waals surface area contributed by atoms with Crippen molar-refractivity contribution in [2.45, 2.75) is 24.4 Å². The molecule has 4 aliphatic heterocycles. The van der Waals surface area contributed by atoms with Gasteiger partial charge in [0.1, 0.15) is 11.4 Å². The molecule has 1 spiro atoms. The van der Waals surface area contributed by atoms with Crippen LogP contribution < -0.4 is 10.5 Å². The number of halogens is 1. The number of hydrogen-bond acceptors (Lipinski definition) is 5. The number of carbonyl (C=O) groups excluding carboxylic acids is 2. The molecule has 5 heterocycles. The third-order valence-corrected chi connectivity index (χ3v) is 9.25. The summed E-state index contributed by atoms with van der Waals surface area (Å²) in [6.07, 6.45) is 1.76. The Bertz CT molecular complexity index is 1730. The minimum Gasteiger partial charge on any atom is -0.283 e. The minimum absolute atomic E-state index is 0.0927. The van der Waals surface area contributed by atoms with Crippen LogP contribution >= 0.6 is 15.9 Å². The number of benzene rings is 3. The van der Waals surface area contributed by atoms with Crippen LogP contribution in [-0.4, -0.2) is 38.9 Å². The van der Waals surface area contributed by atoms with Gasteiger partial charge in [-0.15, -0.1) is 0 Å². The first-order valence-corrected chi connectivity index (χ1v) is 13.3. The number of amides is 2. The lowest BCUT2D eigenvalue weighted by Gasteiger charge is -2.38. The van der Waals surface area contributed by atoms with Gasteiger partial charge in [-0.3, -0.25) is 23.9 Å². The molecule has 1 aromatic heterocycles. The lowest BCUT2D eigenvalue weighted by molar-refractivity contribution is -0.124. The predicted octanol–water partition coefficient (Wildman–Crippen LogP) is 3.99. The van der Waals surface area contributed by atoms with E-state index in [0.717, 1.165) is 35.1 Å². The molecule has 4 atom stereocenters. The molecule has 2 amide bonds. The van der Waals surface area contributed by atoms with Crippen molar-refractivity contribution in [2.24, 2.45) is 11.8 Å². The topological polar surface area (TPSA) is 75.5 Å². The van der Waals surface area contributed by atoms with E-state index in [4.69, 9.17) is 4.98 Å². The highest BCUT2D eigenvalue weighted by Crippen LogP contribution is 2.62. The SMILES string of the molecule is O=C1[C@H]2[C@@H]3CCCN3[C@@]3(c4ccccc4-n4c3nc3ccccc3c4=O)[C@H]2C(=O)N1c1ccc(Br)cc1. The van der Waals surface area contributed by atoms with Crippen molar-refractivity contribution in [3.8, 4) is 5.69 Å². The van der Waals surface area contributed by atoms with Gasteiger partial charge in [-0.05, 0) is 61.9 Å². The summed E-state index contributed by atoms with van der Waals surface area (Å²) in [6, 6.07) is 22.3. The van der Waals surface area contributed by atoms with Crippen LogP contribution in [-0.2, 0) is 15.1 Å². The van der Waals surface area contributed by atoms with Crippen LogP contribution in [0, 0.1) is 11.8 Å². The van der Waals surface area contributed by atoms with E-state index in [-0.39, 0.29) is 23.4 Å². The van der Waals surface area contributed by atoms with E-state index in [9.17, 15) is 14.4 Å². The van der Waals surface area contributed by atoms with E-state index in [1.807, 2.05) is 54.6 Å². The Morgan fingerprint density at radius 3 is 2.49 bits per heavy atom. The molecule has 4 aliphatic rings. The van der Waals surface area contributed by atoms with E-state index in [1.165, 1.54) is 4.90 Å². The summed E-state index contributed by atoms with van der Waals surface area (Å²) in [6.45, 7) is 0.744. The molecule has 3 aromatic carbocycles. The number of nitrogens with zero attached hydrogens (tertiary/aromatic N) is 4. The first-order valence-electron chi connectivity index (χ1n) is 12.6. The van der Waals surface area contributed by atoms with Gasteiger partial charge in [-0.2, -0.15) is 0 Å². The van der Waals surface area contributed by atoms with Gasteiger partial charge in [-0.25, -0.2) is 9.88 Å². The number of imide groups is 1. The molecule has 8 rings (SSSR count). The van der Waals surface area contributed by atoms with Crippen LogP contribution in [0.3, 0.4) is 0 Å². The van der Waals surface area contributed by atoms with Gasteiger partial charge in [0, 0.05) is 16.1 Å². The molecule has 0 N–H and O–H groups in total. The molecular weight excluding hydrogens is 532 g/mol. The Hall–Kier alpha value is -3.62. The summed E-state index contributed by atoms with van der Waals surface area (Å²) in [5, 5.41) is 0.538. The normalized spacial score (nSPS) is 27.7. The Balaban J connectivity index is 1.45. The maximum atomic E-state index is 14.4. The van der Waals surface area contributed by atoms with Gasteiger partial charge in [0.15, 0.2) is 0 Å². The largest absolute Gasteiger partial charge is 0.283 e. The number of anilines is 1. The molecule has 0 unspecified atom stereocenters. The second-order valence-electron chi connectivity index (χ2n) is 10.3. The predicted molar refractivity (Wildman–Crippen MR) is 141 cm³/mol. The smallest absolute Gasteiger partial charge is 0.266 e.